The van der Waals surface area contributed by atoms with Crippen LogP contribution in [-0.4, -0.2) is 16.1 Å². The maximum atomic E-state index is 10.4. The Balaban J connectivity index is 2.39. The molecule has 0 saturated carbocycles. The molecule has 0 N–H and O–H groups in total. The van der Waals surface area contributed by atoms with Gasteiger partial charge in [0.1, 0.15) is 0 Å². The Bertz CT molecular complexity index is 447. The van der Waals surface area contributed by atoms with Gasteiger partial charge in [-0.3, -0.25) is 4.79 Å². The van der Waals surface area contributed by atoms with E-state index in [2.05, 4.69) is 17.7 Å². The monoisotopic (exact) mass is 204 g/mol. The molecule has 1 heterocycles. The Hall–Kier alpha value is -1.55. The topological polar surface area (TPSA) is 34.9 Å². The van der Waals surface area contributed by atoms with E-state index in [4.69, 9.17) is 0 Å². The summed E-state index contributed by atoms with van der Waals surface area (Å²) in [6, 6.07) is 7.54. The second kappa shape index (κ2) is 3.67. The van der Waals surface area contributed by atoms with Gasteiger partial charge in [0.2, 0.25) is 0 Å². The minimum absolute atomic E-state index is 0.569. The average molecular weight is 204 g/mol. The highest BCUT2D eigenvalue weighted by Gasteiger charge is 1.98. The highest BCUT2D eigenvalue weighted by atomic mass is 32.1. The van der Waals surface area contributed by atoms with Gasteiger partial charge in [0.05, 0.1) is 17.4 Å². The minimum Gasteiger partial charge on any atom is -0.298 e. The Morgan fingerprint density at radius 3 is 2.57 bits per heavy atom. The summed E-state index contributed by atoms with van der Waals surface area (Å²) >= 11 is 4.18. The second-order valence-electron chi connectivity index (χ2n) is 2.85. The molecule has 3 nitrogen and oxygen atoms in total. The first-order valence-electron chi connectivity index (χ1n) is 4.09. The van der Waals surface area contributed by atoms with Gasteiger partial charge in [-0.05, 0) is 24.3 Å². The molecule has 0 aliphatic heterocycles. The van der Waals surface area contributed by atoms with Gasteiger partial charge in [0, 0.05) is 11.1 Å². The molecule has 0 saturated heterocycles. The molecule has 0 amide bonds. The molecule has 0 spiro atoms. The van der Waals surface area contributed by atoms with E-state index in [0.717, 1.165) is 16.9 Å². The number of nitrogens with zero attached hydrogens (tertiary/aromatic N) is 2. The number of hydrogen-bond donors (Lipinski definition) is 1. The second-order valence-corrected chi connectivity index (χ2v) is 3.37. The maximum absolute atomic E-state index is 10.4. The summed E-state index contributed by atoms with van der Waals surface area (Å²) in [6.45, 7) is 0. The third kappa shape index (κ3) is 1.70. The highest BCUT2D eigenvalue weighted by molar-refractivity contribution is 7.80. The summed E-state index contributed by atoms with van der Waals surface area (Å²) in [5.74, 6) is 0. The Labute approximate surface area is 86.8 Å². The Morgan fingerprint density at radius 1 is 1.29 bits per heavy atom. The van der Waals surface area contributed by atoms with Gasteiger partial charge in [-0.1, -0.05) is 0 Å². The van der Waals surface area contributed by atoms with Crippen LogP contribution in [0, 0.1) is 0 Å². The normalized spacial score (nSPS) is 10.1. The summed E-state index contributed by atoms with van der Waals surface area (Å²) in [4.78, 5) is 11.3. The Morgan fingerprint density at radius 2 is 2.00 bits per heavy atom. The first kappa shape index (κ1) is 9.02. The molecule has 14 heavy (non-hydrogen) atoms. The number of benzene rings is 1. The number of hydrogen-bond acceptors (Lipinski definition) is 3. The molecule has 1 aromatic heterocycles. The van der Waals surface area contributed by atoms with Gasteiger partial charge in [-0.25, -0.2) is 4.68 Å². The number of aldehydes is 1. The van der Waals surface area contributed by atoms with Crippen LogP contribution in [0.1, 0.15) is 10.4 Å². The third-order valence-electron chi connectivity index (χ3n) is 1.85. The molecular formula is C10H8N2OS. The lowest BCUT2D eigenvalue weighted by Crippen LogP contribution is -1.92. The summed E-state index contributed by atoms with van der Waals surface area (Å²) in [5.41, 5.74) is 1.48. The standard InChI is InChI=1S/C10H8N2OS/c13-7-8-5-11-12(6-8)9-1-3-10(14)4-2-9/h1-7,14H. The smallest absolute Gasteiger partial charge is 0.153 e. The number of rotatable bonds is 2. The van der Waals surface area contributed by atoms with Crippen molar-refractivity contribution in [3.8, 4) is 5.69 Å². The number of carbonyl (C=O) groups excluding carboxylic acids is 1. The van der Waals surface area contributed by atoms with Gasteiger partial charge in [0.25, 0.3) is 0 Å². The van der Waals surface area contributed by atoms with E-state index in [9.17, 15) is 4.79 Å². The molecule has 0 aliphatic carbocycles. The molecule has 2 aromatic rings. The molecule has 70 valence electrons. The van der Waals surface area contributed by atoms with Gasteiger partial charge < -0.3 is 0 Å². The molecule has 1 aromatic carbocycles. The van der Waals surface area contributed by atoms with Crippen LogP contribution in [0.15, 0.2) is 41.6 Å². The van der Waals surface area contributed by atoms with Crippen molar-refractivity contribution >= 4 is 18.9 Å². The predicted molar refractivity (Wildman–Crippen MR) is 56.2 cm³/mol. The number of thiol groups is 1. The van der Waals surface area contributed by atoms with E-state index in [1.54, 1.807) is 10.9 Å². The largest absolute Gasteiger partial charge is 0.298 e. The van der Waals surface area contributed by atoms with Crippen LogP contribution in [0.5, 0.6) is 0 Å². The lowest BCUT2D eigenvalue weighted by atomic mass is 10.3. The van der Waals surface area contributed by atoms with E-state index in [1.807, 2.05) is 24.3 Å². The van der Waals surface area contributed by atoms with E-state index in [0.29, 0.717) is 5.56 Å². The van der Waals surface area contributed by atoms with Crippen LogP contribution >= 0.6 is 12.6 Å². The number of aromatic nitrogens is 2. The lowest BCUT2D eigenvalue weighted by Gasteiger charge is -1.99. The van der Waals surface area contributed by atoms with E-state index < -0.39 is 0 Å². The molecule has 0 bridgehead atoms. The lowest BCUT2D eigenvalue weighted by molar-refractivity contribution is 0.112. The highest BCUT2D eigenvalue weighted by Crippen LogP contribution is 2.11. The molecule has 0 fully saturated rings. The maximum Gasteiger partial charge on any atom is 0.153 e. The molecule has 0 atom stereocenters. The minimum atomic E-state index is 0.569. The van der Waals surface area contributed by atoms with Gasteiger partial charge in [-0.15, -0.1) is 12.6 Å². The molecular weight excluding hydrogens is 196 g/mol. The number of carbonyl (C=O) groups is 1. The van der Waals surface area contributed by atoms with E-state index >= 15 is 0 Å². The molecule has 0 aliphatic rings. The van der Waals surface area contributed by atoms with Crippen molar-refractivity contribution in [3.05, 3.63) is 42.2 Å². The zero-order valence-corrected chi connectivity index (χ0v) is 8.19. The summed E-state index contributed by atoms with van der Waals surface area (Å²) in [6.07, 6.45) is 3.98. The first-order valence-corrected chi connectivity index (χ1v) is 4.53. The summed E-state index contributed by atoms with van der Waals surface area (Å²) < 4.78 is 1.65. The quantitative estimate of drug-likeness (QED) is 0.599. The van der Waals surface area contributed by atoms with Crippen LogP contribution in [0.3, 0.4) is 0 Å². The molecule has 4 heteroatoms. The average Bonchev–Trinajstić information content (AvgIpc) is 2.67. The molecule has 2 rings (SSSR count). The van der Waals surface area contributed by atoms with Crippen molar-refractivity contribution in [1.82, 2.24) is 9.78 Å². The zero-order valence-electron chi connectivity index (χ0n) is 7.29. The van der Waals surface area contributed by atoms with Crippen molar-refractivity contribution in [2.75, 3.05) is 0 Å². The fourth-order valence-corrected chi connectivity index (χ4v) is 1.29. The zero-order chi connectivity index (χ0) is 9.97. The van der Waals surface area contributed by atoms with Crippen LogP contribution in [0.4, 0.5) is 0 Å². The first-order chi connectivity index (χ1) is 6.79. The van der Waals surface area contributed by atoms with Crippen molar-refractivity contribution in [2.45, 2.75) is 4.90 Å². The van der Waals surface area contributed by atoms with Crippen LogP contribution < -0.4 is 0 Å². The van der Waals surface area contributed by atoms with Crippen molar-refractivity contribution < 1.29 is 4.79 Å². The van der Waals surface area contributed by atoms with Crippen LogP contribution in [0.2, 0.25) is 0 Å². The van der Waals surface area contributed by atoms with Crippen LogP contribution in [0.25, 0.3) is 5.69 Å². The van der Waals surface area contributed by atoms with Crippen molar-refractivity contribution in [3.63, 3.8) is 0 Å². The van der Waals surface area contributed by atoms with Crippen molar-refractivity contribution in [1.29, 1.82) is 0 Å². The van der Waals surface area contributed by atoms with Gasteiger partial charge in [0.15, 0.2) is 6.29 Å². The fraction of sp³-hybridized carbons (Fsp3) is 0. The predicted octanol–water partition coefficient (Wildman–Crippen LogP) is 1.97. The summed E-state index contributed by atoms with van der Waals surface area (Å²) in [5, 5.41) is 4.05. The Kier molecular flexibility index (Phi) is 2.37. The summed E-state index contributed by atoms with van der Waals surface area (Å²) in [7, 11) is 0. The third-order valence-corrected chi connectivity index (χ3v) is 2.15. The van der Waals surface area contributed by atoms with Crippen molar-refractivity contribution in [2.24, 2.45) is 0 Å². The molecule has 0 unspecified atom stereocenters. The molecule has 0 radical (unpaired) electrons. The SMILES string of the molecule is O=Cc1cnn(-c2ccc(S)cc2)c1. The van der Waals surface area contributed by atoms with E-state index in [1.165, 1.54) is 6.20 Å². The van der Waals surface area contributed by atoms with E-state index in [-0.39, 0.29) is 0 Å². The van der Waals surface area contributed by atoms with Crippen LogP contribution in [-0.2, 0) is 0 Å². The van der Waals surface area contributed by atoms with Gasteiger partial charge >= 0.3 is 0 Å². The van der Waals surface area contributed by atoms with Gasteiger partial charge in [-0.2, -0.15) is 5.10 Å². The fourth-order valence-electron chi connectivity index (χ4n) is 1.14.